The summed E-state index contributed by atoms with van der Waals surface area (Å²) in [5, 5.41) is 0. The predicted molar refractivity (Wildman–Crippen MR) is 71.4 cm³/mol. The van der Waals surface area contributed by atoms with Crippen molar-refractivity contribution in [1.29, 1.82) is 0 Å². The number of hydrogen-bond donors (Lipinski definition) is 0. The Morgan fingerprint density at radius 1 is 1.44 bits per heavy atom. The van der Waals surface area contributed by atoms with Gasteiger partial charge in [-0.1, -0.05) is 15.9 Å². The topological polar surface area (TPSA) is 46.6 Å². The van der Waals surface area contributed by atoms with Crippen LogP contribution in [0.2, 0.25) is 0 Å². The van der Waals surface area contributed by atoms with Crippen LogP contribution in [0.15, 0.2) is 22.7 Å². The number of rotatable bonds is 2. The molecule has 0 fully saturated rings. The Morgan fingerprint density at radius 2 is 2.17 bits per heavy atom. The lowest BCUT2D eigenvalue weighted by molar-refractivity contribution is -0.143. The summed E-state index contributed by atoms with van der Waals surface area (Å²) in [6, 6.07) is 5.12. The average molecular weight is 312 g/mol. The summed E-state index contributed by atoms with van der Waals surface area (Å²) in [6.07, 6.45) is 1.13. The molecule has 0 bridgehead atoms. The molecule has 1 unspecified atom stereocenters. The number of amides is 1. The zero-order chi connectivity index (χ0) is 13.3. The highest BCUT2D eigenvalue weighted by molar-refractivity contribution is 9.10. The zero-order valence-electron chi connectivity index (χ0n) is 10.3. The molecule has 4 nitrogen and oxygen atoms in total. The summed E-state index contributed by atoms with van der Waals surface area (Å²) in [5.41, 5.74) is 1.87. The predicted octanol–water partition coefficient (Wildman–Crippen LogP) is 2.29. The molecule has 5 heteroatoms. The van der Waals surface area contributed by atoms with Gasteiger partial charge in [0.05, 0.1) is 7.11 Å². The molecule has 1 heterocycles. The number of hydrogen-bond acceptors (Lipinski definition) is 3. The highest BCUT2D eigenvalue weighted by Crippen LogP contribution is 2.31. The average Bonchev–Trinajstić information content (AvgIpc) is 2.37. The van der Waals surface area contributed by atoms with Gasteiger partial charge in [-0.25, -0.2) is 4.79 Å². The van der Waals surface area contributed by atoms with Crippen LogP contribution < -0.4 is 4.90 Å². The normalized spacial score (nSPS) is 16.2. The van der Waals surface area contributed by atoms with Crippen molar-refractivity contribution in [2.75, 3.05) is 12.0 Å². The molecule has 1 aliphatic rings. The number of ether oxygens (including phenoxy) is 1. The maximum absolute atomic E-state index is 12.0. The molecule has 0 saturated carbocycles. The van der Waals surface area contributed by atoms with Crippen molar-refractivity contribution in [3.8, 4) is 0 Å². The Morgan fingerprint density at radius 3 is 2.83 bits per heavy atom. The SMILES string of the molecule is COC(=O)C(C)N1C(=O)CCc2cc(Br)ccc21. The van der Waals surface area contributed by atoms with Crippen molar-refractivity contribution >= 4 is 33.5 Å². The van der Waals surface area contributed by atoms with E-state index in [9.17, 15) is 9.59 Å². The third kappa shape index (κ3) is 2.27. The molecule has 96 valence electrons. The van der Waals surface area contributed by atoms with Gasteiger partial charge in [0.25, 0.3) is 0 Å². The number of anilines is 1. The second kappa shape index (κ2) is 5.10. The molecular formula is C13H14BrNO3. The van der Waals surface area contributed by atoms with Gasteiger partial charge in [0.15, 0.2) is 0 Å². The maximum atomic E-state index is 12.0. The number of benzene rings is 1. The Bertz CT molecular complexity index is 501. The fraction of sp³-hybridized carbons (Fsp3) is 0.385. The van der Waals surface area contributed by atoms with Crippen LogP contribution in [-0.2, 0) is 20.7 Å². The van der Waals surface area contributed by atoms with Crippen molar-refractivity contribution < 1.29 is 14.3 Å². The van der Waals surface area contributed by atoms with Crippen molar-refractivity contribution in [1.82, 2.24) is 0 Å². The summed E-state index contributed by atoms with van der Waals surface area (Å²) < 4.78 is 5.68. The Labute approximate surface area is 114 Å². The second-order valence-corrected chi connectivity index (χ2v) is 5.15. The molecule has 1 amide bonds. The van der Waals surface area contributed by atoms with Gasteiger partial charge in [-0.15, -0.1) is 0 Å². The summed E-state index contributed by atoms with van der Waals surface area (Å²) >= 11 is 3.41. The Kier molecular flexibility index (Phi) is 3.71. The minimum atomic E-state index is -0.595. The fourth-order valence-corrected chi connectivity index (χ4v) is 2.59. The molecule has 18 heavy (non-hydrogen) atoms. The molecule has 0 saturated heterocycles. The minimum absolute atomic E-state index is 0.0391. The van der Waals surface area contributed by atoms with E-state index >= 15 is 0 Å². The third-order valence-electron chi connectivity index (χ3n) is 3.11. The van der Waals surface area contributed by atoms with Crippen LogP contribution in [0.25, 0.3) is 0 Å². The maximum Gasteiger partial charge on any atom is 0.328 e. The quantitative estimate of drug-likeness (QED) is 0.787. The molecule has 0 aliphatic carbocycles. The van der Waals surface area contributed by atoms with Crippen LogP contribution in [0.4, 0.5) is 5.69 Å². The largest absolute Gasteiger partial charge is 0.467 e. The van der Waals surface area contributed by atoms with Crippen molar-refractivity contribution in [2.24, 2.45) is 0 Å². The van der Waals surface area contributed by atoms with Crippen molar-refractivity contribution in [3.05, 3.63) is 28.2 Å². The number of fused-ring (bicyclic) bond motifs is 1. The first-order chi connectivity index (χ1) is 8.54. The third-order valence-corrected chi connectivity index (χ3v) is 3.60. The van der Waals surface area contributed by atoms with E-state index in [1.54, 1.807) is 6.92 Å². The molecule has 1 atom stereocenters. The van der Waals surface area contributed by atoms with Crippen molar-refractivity contribution in [3.63, 3.8) is 0 Å². The number of aryl methyl sites for hydroxylation is 1. The summed E-state index contributed by atoms with van der Waals surface area (Å²) in [5.74, 6) is -0.443. The molecule has 0 aromatic heterocycles. The molecule has 2 rings (SSSR count). The number of halogens is 1. The monoisotopic (exact) mass is 311 g/mol. The molecular weight excluding hydrogens is 298 g/mol. The van der Waals surface area contributed by atoms with Gasteiger partial charge in [-0.05, 0) is 37.1 Å². The molecule has 1 aromatic rings. The lowest BCUT2D eigenvalue weighted by atomic mass is 9.99. The van der Waals surface area contributed by atoms with E-state index in [0.29, 0.717) is 12.8 Å². The first kappa shape index (κ1) is 13.1. The van der Waals surface area contributed by atoms with E-state index in [2.05, 4.69) is 15.9 Å². The lowest BCUT2D eigenvalue weighted by Gasteiger charge is -2.33. The first-order valence-electron chi connectivity index (χ1n) is 5.73. The van der Waals surface area contributed by atoms with E-state index in [0.717, 1.165) is 15.7 Å². The number of carbonyl (C=O) groups excluding carboxylic acids is 2. The van der Waals surface area contributed by atoms with Crippen LogP contribution in [0, 0.1) is 0 Å². The second-order valence-electron chi connectivity index (χ2n) is 4.24. The highest BCUT2D eigenvalue weighted by Gasteiger charge is 2.32. The van der Waals surface area contributed by atoms with E-state index in [4.69, 9.17) is 4.74 Å². The molecule has 0 radical (unpaired) electrons. The van der Waals surface area contributed by atoms with E-state index in [1.165, 1.54) is 12.0 Å². The van der Waals surface area contributed by atoms with Gasteiger partial charge in [0.2, 0.25) is 5.91 Å². The van der Waals surface area contributed by atoms with Crippen LogP contribution in [-0.4, -0.2) is 25.0 Å². The van der Waals surface area contributed by atoms with Gasteiger partial charge in [-0.2, -0.15) is 0 Å². The Balaban J connectivity index is 2.42. The fourth-order valence-electron chi connectivity index (χ4n) is 2.19. The van der Waals surface area contributed by atoms with Crippen molar-refractivity contribution in [2.45, 2.75) is 25.8 Å². The van der Waals surface area contributed by atoms with Gasteiger partial charge < -0.3 is 4.74 Å². The Hall–Kier alpha value is -1.36. The van der Waals surface area contributed by atoms with E-state index in [-0.39, 0.29) is 5.91 Å². The first-order valence-corrected chi connectivity index (χ1v) is 6.52. The number of carbonyl (C=O) groups is 2. The van der Waals surface area contributed by atoms with E-state index in [1.807, 2.05) is 18.2 Å². The molecule has 0 N–H and O–H groups in total. The smallest absolute Gasteiger partial charge is 0.328 e. The number of nitrogens with zero attached hydrogens (tertiary/aromatic N) is 1. The number of methoxy groups -OCH3 is 1. The van der Waals surface area contributed by atoms with Gasteiger partial charge in [0, 0.05) is 16.6 Å². The van der Waals surface area contributed by atoms with Gasteiger partial charge in [0.1, 0.15) is 6.04 Å². The van der Waals surface area contributed by atoms with Crippen LogP contribution in [0.3, 0.4) is 0 Å². The van der Waals surface area contributed by atoms with Gasteiger partial charge in [-0.3, -0.25) is 9.69 Å². The summed E-state index contributed by atoms with van der Waals surface area (Å²) in [6.45, 7) is 1.68. The van der Waals surface area contributed by atoms with E-state index < -0.39 is 12.0 Å². The standard InChI is InChI=1S/C13H14BrNO3/c1-8(13(17)18-2)15-11-5-4-10(14)7-9(11)3-6-12(15)16/h4-5,7-8H,3,6H2,1-2H3. The van der Waals surface area contributed by atoms with Crippen LogP contribution >= 0.6 is 15.9 Å². The summed E-state index contributed by atoms with van der Waals surface area (Å²) in [4.78, 5) is 25.1. The molecule has 1 aromatic carbocycles. The summed E-state index contributed by atoms with van der Waals surface area (Å²) in [7, 11) is 1.33. The minimum Gasteiger partial charge on any atom is -0.467 e. The molecule has 1 aliphatic heterocycles. The lowest BCUT2D eigenvalue weighted by Crippen LogP contribution is -2.46. The molecule has 0 spiro atoms. The number of esters is 1. The van der Waals surface area contributed by atoms with Gasteiger partial charge >= 0.3 is 5.97 Å². The van der Waals surface area contributed by atoms with Crippen LogP contribution in [0.5, 0.6) is 0 Å². The highest BCUT2D eigenvalue weighted by atomic mass is 79.9. The zero-order valence-corrected chi connectivity index (χ0v) is 11.9. The van der Waals surface area contributed by atoms with Crippen LogP contribution in [0.1, 0.15) is 18.9 Å².